The van der Waals surface area contributed by atoms with E-state index in [9.17, 15) is 9.59 Å². The van der Waals surface area contributed by atoms with Crippen molar-refractivity contribution in [1.29, 1.82) is 0 Å². The molecule has 2 aromatic heterocycles. The molecule has 0 aliphatic rings. The normalized spacial score (nSPS) is 11.0. The van der Waals surface area contributed by atoms with Gasteiger partial charge in [0.2, 0.25) is 0 Å². The minimum absolute atomic E-state index is 0.0340. The van der Waals surface area contributed by atoms with Crippen LogP contribution in [0.5, 0.6) is 5.75 Å². The van der Waals surface area contributed by atoms with Gasteiger partial charge in [-0.05, 0) is 44.0 Å². The van der Waals surface area contributed by atoms with Crippen LogP contribution in [0.2, 0.25) is 0 Å². The number of nitrogens with zero attached hydrogens (tertiary/aromatic N) is 4. The Balaban J connectivity index is 1.26. The van der Waals surface area contributed by atoms with E-state index in [4.69, 9.17) is 14.6 Å². The molecule has 0 saturated heterocycles. The molecule has 44 heavy (non-hydrogen) atoms. The van der Waals surface area contributed by atoms with Gasteiger partial charge in [0.05, 0.1) is 29.9 Å². The van der Waals surface area contributed by atoms with E-state index in [0.717, 1.165) is 47.0 Å². The molecule has 0 unspecified atom stereocenters. The number of amides is 3. The largest absolute Gasteiger partial charge is 0.491 e. The molecule has 0 atom stereocenters. The van der Waals surface area contributed by atoms with Crippen LogP contribution in [-0.2, 0) is 22.5 Å². The summed E-state index contributed by atoms with van der Waals surface area (Å²) < 4.78 is 14.6. The zero-order valence-electron chi connectivity index (χ0n) is 25.2. The zero-order valence-corrected chi connectivity index (χ0v) is 25.2. The number of rotatable bonds is 13. The average molecular weight is 596 g/mol. The summed E-state index contributed by atoms with van der Waals surface area (Å²) in [5.74, 6) is 1.47. The number of fused-ring (bicyclic) bond motifs is 1. The van der Waals surface area contributed by atoms with E-state index in [1.807, 2.05) is 78.2 Å². The smallest absolute Gasteiger partial charge is 0.324 e. The van der Waals surface area contributed by atoms with Crippen LogP contribution >= 0.6 is 0 Å². The second kappa shape index (κ2) is 14.3. The van der Waals surface area contributed by atoms with Gasteiger partial charge in [-0.1, -0.05) is 55.3 Å². The first-order valence-electron chi connectivity index (χ1n) is 14.6. The molecule has 0 bridgehead atoms. The fourth-order valence-electron chi connectivity index (χ4n) is 4.78. The minimum atomic E-state index is -0.368. The predicted octanol–water partition coefficient (Wildman–Crippen LogP) is 6.18. The zero-order chi connectivity index (χ0) is 30.9. The summed E-state index contributed by atoms with van der Waals surface area (Å²) in [4.78, 5) is 29.2. The summed E-state index contributed by atoms with van der Waals surface area (Å²) in [6, 6.07) is 21.0. The third-order valence-electron chi connectivity index (χ3n) is 6.98. The lowest BCUT2D eigenvalue weighted by Gasteiger charge is -2.14. The second-order valence-corrected chi connectivity index (χ2v) is 10.4. The van der Waals surface area contributed by atoms with Crippen LogP contribution in [0.25, 0.3) is 16.5 Å². The molecule has 3 N–H and O–H groups in total. The van der Waals surface area contributed by atoms with Gasteiger partial charge < -0.3 is 24.7 Å². The summed E-state index contributed by atoms with van der Waals surface area (Å²) in [5.41, 5.74) is 3.61. The number of methoxy groups -OCH3 is 1. The molecule has 0 radical (unpaired) electrons. The van der Waals surface area contributed by atoms with Gasteiger partial charge in [-0.3, -0.25) is 10.1 Å². The van der Waals surface area contributed by atoms with Crippen molar-refractivity contribution in [3.05, 3.63) is 90.5 Å². The topological polar surface area (TPSA) is 124 Å². The van der Waals surface area contributed by atoms with Gasteiger partial charge >= 0.3 is 6.03 Å². The highest BCUT2D eigenvalue weighted by molar-refractivity contribution is 6.07. The maximum Gasteiger partial charge on any atom is 0.324 e. The van der Waals surface area contributed by atoms with Crippen molar-refractivity contribution in [3.63, 3.8) is 0 Å². The van der Waals surface area contributed by atoms with Gasteiger partial charge in [0.1, 0.15) is 24.8 Å². The van der Waals surface area contributed by atoms with E-state index in [1.165, 1.54) is 7.11 Å². The Morgan fingerprint density at radius 3 is 2.52 bits per heavy atom. The molecule has 3 aromatic carbocycles. The van der Waals surface area contributed by atoms with Gasteiger partial charge in [-0.25, -0.2) is 14.5 Å². The molecule has 0 spiro atoms. The molecule has 228 valence electrons. The molecular formula is C33H37N7O4. The van der Waals surface area contributed by atoms with Gasteiger partial charge in [-0.15, -0.1) is 0 Å². The van der Waals surface area contributed by atoms with Crippen molar-refractivity contribution >= 4 is 40.0 Å². The average Bonchev–Trinajstić information content (AvgIpc) is 3.64. The Hall–Kier alpha value is -5.16. The Kier molecular flexibility index (Phi) is 9.88. The van der Waals surface area contributed by atoms with Crippen LogP contribution in [0.1, 0.15) is 31.0 Å². The number of hydrogen-bond donors (Lipinski definition) is 3. The lowest BCUT2D eigenvalue weighted by Crippen LogP contribution is -2.21. The van der Waals surface area contributed by atoms with Crippen LogP contribution in [0.4, 0.5) is 22.1 Å². The van der Waals surface area contributed by atoms with Crippen molar-refractivity contribution < 1.29 is 19.1 Å². The third kappa shape index (κ3) is 7.61. The van der Waals surface area contributed by atoms with Crippen molar-refractivity contribution in [2.45, 2.75) is 39.7 Å². The number of nitrogens with one attached hydrogen (secondary N) is 3. The Labute approximate surface area is 256 Å². The van der Waals surface area contributed by atoms with E-state index in [0.29, 0.717) is 36.2 Å². The number of hydrogen-bond acceptors (Lipinski definition) is 6. The quantitative estimate of drug-likeness (QED) is 0.149. The number of benzene rings is 3. The Bertz CT molecular complexity index is 1730. The van der Waals surface area contributed by atoms with Crippen molar-refractivity contribution in [2.24, 2.45) is 0 Å². The molecular weight excluding hydrogens is 558 g/mol. The molecule has 11 heteroatoms. The predicted molar refractivity (Wildman–Crippen MR) is 172 cm³/mol. The molecule has 2 heterocycles. The van der Waals surface area contributed by atoms with Crippen molar-refractivity contribution in [3.8, 4) is 11.4 Å². The number of ether oxygens (including phenoxy) is 2. The van der Waals surface area contributed by atoms with E-state index in [-0.39, 0.29) is 18.5 Å². The standard InChI is InChI=1S/C33H37N7O4/c1-4-5-8-24-19-31(40(38-24)25-13-11-23(2)12-14-25)37-33(42)35-28-15-16-29(27-10-7-6-9-26(27)28)44-18-17-39-20-30(34-22-39)36-32(41)21-43-3/h6-7,9-16,19-20,22H,4-5,8,17-18,21H2,1-3H3,(H,36,41)(H2,35,37,42). The van der Waals surface area contributed by atoms with Crippen LogP contribution < -0.4 is 20.7 Å². The molecule has 0 fully saturated rings. The molecule has 3 amide bonds. The van der Waals surface area contributed by atoms with Gasteiger partial charge in [0.15, 0.2) is 5.82 Å². The highest BCUT2D eigenvalue weighted by atomic mass is 16.5. The first-order chi connectivity index (χ1) is 21.4. The highest BCUT2D eigenvalue weighted by Crippen LogP contribution is 2.32. The summed E-state index contributed by atoms with van der Waals surface area (Å²) in [7, 11) is 1.46. The molecule has 11 nitrogen and oxygen atoms in total. The fraction of sp³-hybridized carbons (Fsp3) is 0.273. The van der Waals surface area contributed by atoms with Crippen LogP contribution in [0.15, 0.2) is 79.3 Å². The highest BCUT2D eigenvalue weighted by Gasteiger charge is 2.15. The third-order valence-corrected chi connectivity index (χ3v) is 6.98. The van der Waals surface area contributed by atoms with E-state index >= 15 is 0 Å². The van der Waals surface area contributed by atoms with Crippen molar-refractivity contribution in [2.75, 3.05) is 36.3 Å². The van der Waals surface area contributed by atoms with Crippen LogP contribution in [0.3, 0.4) is 0 Å². The van der Waals surface area contributed by atoms with E-state index in [1.54, 1.807) is 17.2 Å². The second-order valence-electron chi connectivity index (χ2n) is 10.4. The number of carbonyl (C=O) groups is 2. The first kappa shape index (κ1) is 30.3. The summed E-state index contributed by atoms with van der Waals surface area (Å²) >= 11 is 0. The van der Waals surface area contributed by atoms with Gasteiger partial charge in [0.25, 0.3) is 5.91 Å². The maximum atomic E-state index is 13.3. The van der Waals surface area contributed by atoms with Crippen LogP contribution in [-0.4, -0.2) is 51.6 Å². The lowest BCUT2D eigenvalue weighted by atomic mass is 10.1. The molecule has 0 saturated carbocycles. The van der Waals surface area contributed by atoms with E-state index in [2.05, 4.69) is 27.9 Å². The van der Waals surface area contributed by atoms with Gasteiger partial charge in [0, 0.05) is 30.1 Å². The molecule has 5 aromatic rings. The van der Waals surface area contributed by atoms with Crippen LogP contribution in [0, 0.1) is 6.92 Å². The fourth-order valence-corrected chi connectivity index (χ4v) is 4.78. The maximum absolute atomic E-state index is 13.3. The summed E-state index contributed by atoms with van der Waals surface area (Å²) in [5, 5.41) is 15.2. The number of aryl methyl sites for hydroxylation is 2. The monoisotopic (exact) mass is 595 g/mol. The van der Waals surface area contributed by atoms with Crippen molar-refractivity contribution in [1.82, 2.24) is 19.3 Å². The SMILES string of the molecule is CCCCc1cc(NC(=O)Nc2ccc(OCCn3cnc(NC(=O)COC)c3)c3ccccc23)n(-c2ccc(C)cc2)n1. The summed E-state index contributed by atoms with van der Waals surface area (Å²) in [6.45, 7) is 5.05. The number of anilines is 3. The van der Waals surface area contributed by atoms with E-state index < -0.39 is 0 Å². The number of carbonyl (C=O) groups excluding carboxylic acids is 2. The molecule has 0 aliphatic heterocycles. The number of imidazole rings is 1. The Morgan fingerprint density at radius 1 is 0.955 bits per heavy atom. The Morgan fingerprint density at radius 2 is 1.75 bits per heavy atom. The minimum Gasteiger partial charge on any atom is -0.491 e. The molecule has 5 rings (SSSR count). The van der Waals surface area contributed by atoms with Gasteiger partial charge in [-0.2, -0.15) is 5.10 Å². The number of unbranched alkanes of at least 4 members (excludes halogenated alkanes) is 1. The number of aromatic nitrogens is 4. The first-order valence-corrected chi connectivity index (χ1v) is 14.6. The summed E-state index contributed by atoms with van der Waals surface area (Å²) in [6.07, 6.45) is 6.29. The lowest BCUT2D eigenvalue weighted by molar-refractivity contribution is -0.119. The molecule has 0 aliphatic carbocycles. The number of urea groups is 1.